The fraction of sp³-hybridized carbons (Fsp3) is 0.176. The molecule has 1 heterocycles. The van der Waals surface area contributed by atoms with Crippen LogP contribution >= 0.6 is 0 Å². The lowest BCUT2D eigenvalue weighted by Gasteiger charge is -2.13. The quantitative estimate of drug-likeness (QED) is 0.740. The molecule has 0 bridgehead atoms. The van der Waals surface area contributed by atoms with Crippen LogP contribution in [-0.4, -0.2) is 9.55 Å². The summed E-state index contributed by atoms with van der Waals surface area (Å²) in [5.74, 6) is -0.285. The molecule has 0 aliphatic heterocycles. The lowest BCUT2D eigenvalue weighted by Crippen LogP contribution is -2.24. The number of hydrogen-bond donors (Lipinski definition) is 0. The molecular weight excluding hydrogens is 286 g/mol. The van der Waals surface area contributed by atoms with Gasteiger partial charge < -0.3 is 0 Å². The number of aromatic nitrogens is 2. The van der Waals surface area contributed by atoms with Crippen LogP contribution in [0.5, 0.6) is 0 Å². The van der Waals surface area contributed by atoms with E-state index in [-0.39, 0.29) is 16.8 Å². The fourth-order valence-electron chi connectivity index (χ4n) is 2.45. The molecule has 3 nitrogen and oxygen atoms in total. The monoisotopic (exact) mass is 300 g/mol. The van der Waals surface area contributed by atoms with E-state index in [4.69, 9.17) is 0 Å². The van der Waals surface area contributed by atoms with Crippen molar-refractivity contribution in [2.75, 3.05) is 0 Å². The van der Waals surface area contributed by atoms with Crippen LogP contribution in [-0.2, 0) is 6.42 Å². The zero-order chi connectivity index (χ0) is 15.7. The molecular formula is C17H14F2N2O. The Balaban J connectivity index is 2.34. The molecule has 0 aliphatic rings. The minimum atomic E-state index is -0.486. The Morgan fingerprint density at radius 2 is 1.73 bits per heavy atom. The van der Waals surface area contributed by atoms with Crippen LogP contribution in [0.25, 0.3) is 16.6 Å². The average molecular weight is 300 g/mol. The molecule has 0 saturated heterocycles. The number of nitrogens with zero attached hydrogens (tertiary/aromatic N) is 2. The molecule has 0 aliphatic carbocycles. The van der Waals surface area contributed by atoms with E-state index in [0.29, 0.717) is 23.4 Å². The highest BCUT2D eigenvalue weighted by atomic mass is 19.1. The van der Waals surface area contributed by atoms with Crippen LogP contribution in [0.2, 0.25) is 0 Å². The molecule has 0 N–H and O–H groups in total. The van der Waals surface area contributed by atoms with Crippen molar-refractivity contribution in [1.29, 1.82) is 0 Å². The molecule has 0 saturated carbocycles. The predicted molar refractivity (Wildman–Crippen MR) is 81.3 cm³/mol. The van der Waals surface area contributed by atoms with E-state index in [0.717, 1.165) is 6.42 Å². The largest absolute Gasteiger partial charge is 0.268 e. The van der Waals surface area contributed by atoms with Gasteiger partial charge in [-0.1, -0.05) is 6.92 Å². The number of rotatable bonds is 3. The van der Waals surface area contributed by atoms with E-state index < -0.39 is 5.82 Å². The third-order valence-corrected chi connectivity index (χ3v) is 3.46. The van der Waals surface area contributed by atoms with Gasteiger partial charge in [0.05, 0.1) is 16.6 Å². The van der Waals surface area contributed by atoms with Crippen LogP contribution in [0.4, 0.5) is 8.78 Å². The van der Waals surface area contributed by atoms with Crippen molar-refractivity contribution >= 4 is 10.9 Å². The van der Waals surface area contributed by atoms with Gasteiger partial charge in [0.15, 0.2) is 0 Å². The van der Waals surface area contributed by atoms with Gasteiger partial charge in [0.25, 0.3) is 5.56 Å². The third-order valence-electron chi connectivity index (χ3n) is 3.46. The minimum Gasteiger partial charge on any atom is -0.268 e. The van der Waals surface area contributed by atoms with Crippen molar-refractivity contribution in [3.8, 4) is 5.69 Å². The maximum Gasteiger partial charge on any atom is 0.266 e. The van der Waals surface area contributed by atoms with Crippen LogP contribution in [0, 0.1) is 11.6 Å². The van der Waals surface area contributed by atoms with Gasteiger partial charge in [0, 0.05) is 6.42 Å². The van der Waals surface area contributed by atoms with Gasteiger partial charge in [-0.15, -0.1) is 0 Å². The minimum absolute atomic E-state index is 0.212. The van der Waals surface area contributed by atoms with E-state index in [1.54, 1.807) is 0 Å². The molecule has 3 rings (SSSR count). The summed E-state index contributed by atoms with van der Waals surface area (Å²) in [5, 5.41) is 0.212. The first kappa shape index (κ1) is 14.4. The molecule has 0 fully saturated rings. The maximum absolute atomic E-state index is 13.4. The number of fused-ring (bicyclic) bond motifs is 1. The highest BCUT2D eigenvalue weighted by Crippen LogP contribution is 2.15. The van der Waals surface area contributed by atoms with Crippen molar-refractivity contribution in [3.05, 3.63) is 70.3 Å². The SMILES string of the molecule is CCCc1nc2ccc(F)cc2c(=O)n1-c1ccc(F)cc1. The van der Waals surface area contributed by atoms with Crippen LogP contribution in [0.15, 0.2) is 47.3 Å². The van der Waals surface area contributed by atoms with E-state index in [9.17, 15) is 13.6 Å². The van der Waals surface area contributed by atoms with Gasteiger partial charge in [-0.25, -0.2) is 13.8 Å². The van der Waals surface area contributed by atoms with Gasteiger partial charge in [-0.05, 0) is 48.9 Å². The summed E-state index contributed by atoms with van der Waals surface area (Å²) in [5.41, 5.74) is 0.640. The number of aryl methyl sites for hydroxylation is 1. The summed E-state index contributed by atoms with van der Waals surface area (Å²) in [6.45, 7) is 1.98. The first-order valence-corrected chi connectivity index (χ1v) is 7.07. The predicted octanol–water partition coefficient (Wildman–Crippen LogP) is 3.62. The first-order chi connectivity index (χ1) is 10.6. The van der Waals surface area contributed by atoms with Crippen molar-refractivity contribution in [2.45, 2.75) is 19.8 Å². The molecule has 0 spiro atoms. The zero-order valence-electron chi connectivity index (χ0n) is 12.0. The molecule has 0 radical (unpaired) electrons. The highest BCUT2D eigenvalue weighted by molar-refractivity contribution is 5.78. The first-order valence-electron chi connectivity index (χ1n) is 7.07. The Kier molecular flexibility index (Phi) is 3.71. The van der Waals surface area contributed by atoms with E-state index >= 15 is 0 Å². The Morgan fingerprint density at radius 1 is 1.05 bits per heavy atom. The molecule has 112 valence electrons. The van der Waals surface area contributed by atoms with E-state index in [1.807, 2.05) is 6.92 Å². The molecule has 3 aromatic rings. The summed E-state index contributed by atoms with van der Waals surface area (Å²) in [4.78, 5) is 17.2. The molecule has 2 aromatic carbocycles. The number of benzene rings is 2. The Morgan fingerprint density at radius 3 is 2.41 bits per heavy atom. The smallest absolute Gasteiger partial charge is 0.266 e. The summed E-state index contributed by atoms with van der Waals surface area (Å²) in [6, 6.07) is 9.57. The maximum atomic E-state index is 13.4. The molecule has 1 aromatic heterocycles. The fourth-order valence-corrected chi connectivity index (χ4v) is 2.45. The van der Waals surface area contributed by atoms with Gasteiger partial charge in [-0.2, -0.15) is 0 Å². The summed E-state index contributed by atoms with van der Waals surface area (Å²) in [6.07, 6.45) is 1.40. The molecule has 0 unspecified atom stereocenters. The van der Waals surface area contributed by atoms with Gasteiger partial charge >= 0.3 is 0 Å². The van der Waals surface area contributed by atoms with Crippen LogP contribution in [0.1, 0.15) is 19.2 Å². The number of hydrogen-bond acceptors (Lipinski definition) is 2. The second-order valence-electron chi connectivity index (χ2n) is 5.06. The Labute approximate surface area is 125 Å². The molecule has 5 heteroatoms. The Bertz CT molecular complexity index is 886. The van der Waals surface area contributed by atoms with Gasteiger partial charge in [0.1, 0.15) is 17.5 Å². The van der Waals surface area contributed by atoms with Crippen molar-refractivity contribution in [1.82, 2.24) is 9.55 Å². The van der Waals surface area contributed by atoms with E-state index in [1.165, 1.54) is 47.0 Å². The summed E-state index contributed by atoms with van der Waals surface area (Å²) < 4.78 is 28.0. The second-order valence-corrected chi connectivity index (χ2v) is 5.06. The van der Waals surface area contributed by atoms with Crippen molar-refractivity contribution in [2.24, 2.45) is 0 Å². The molecule has 0 amide bonds. The topological polar surface area (TPSA) is 34.9 Å². The second kappa shape index (κ2) is 5.67. The summed E-state index contributed by atoms with van der Waals surface area (Å²) in [7, 11) is 0. The van der Waals surface area contributed by atoms with Crippen molar-refractivity contribution < 1.29 is 8.78 Å². The summed E-state index contributed by atoms with van der Waals surface area (Å²) >= 11 is 0. The average Bonchev–Trinajstić information content (AvgIpc) is 2.50. The Hall–Kier alpha value is -2.56. The van der Waals surface area contributed by atoms with Gasteiger partial charge in [-0.3, -0.25) is 9.36 Å². The van der Waals surface area contributed by atoms with Crippen molar-refractivity contribution in [3.63, 3.8) is 0 Å². The lowest BCUT2D eigenvalue weighted by molar-refractivity contribution is 0.627. The number of halogens is 2. The third kappa shape index (κ3) is 2.50. The normalized spacial score (nSPS) is 11.0. The zero-order valence-corrected chi connectivity index (χ0v) is 12.0. The highest BCUT2D eigenvalue weighted by Gasteiger charge is 2.13. The standard InChI is InChI=1S/C17H14F2N2O/c1-2-3-16-20-15-9-6-12(19)10-14(15)17(22)21(16)13-7-4-11(18)5-8-13/h4-10H,2-3H2,1H3. The van der Waals surface area contributed by atoms with Crippen LogP contribution < -0.4 is 5.56 Å². The molecule has 22 heavy (non-hydrogen) atoms. The van der Waals surface area contributed by atoms with E-state index in [2.05, 4.69) is 4.98 Å². The lowest BCUT2D eigenvalue weighted by atomic mass is 10.2. The molecule has 0 atom stereocenters. The van der Waals surface area contributed by atoms with Gasteiger partial charge in [0.2, 0.25) is 0 Å². The van der Waals surface area contributed by atoms with Crippen LogP contribution in [0.3, 0.4) is 0 Å².